The summed E-state index contributed by atoms with van der Waals surface area (Å²) in [6.07, 6.45) is 3.88. The van der Waals surface area contributed by atoms with Crippen molar-refractivity contribution >= 4 is 50.4 Å². The summed E-state index contributed by atoms with van der Waals surface area (Å²) in [4.78, 5) is 34.5. The van der Waals surface area contributed by atoms with Crippen LogP contribution in [-0.4, -0.2) is 51.5 Å². The second-order valence-electron chi connectivity index (χ2n) is 6.87. The van der Waals surface area contributed by atoms with E-state index in [0.717, 1.165) is 0 Å². The number of H-pyrrole nitrogens is 1. The van der Waals surface area contributed by atoms with Crippen LogP contribution in [-0.2, 0) is 0 Å². The van der Waals surface area contributed by atoms with Gasteiger partial charge >= 0.3 is 0 Å². The molecule has 3 N–H and O–H groups in total. The minimum atomic E-state index is -0.723. The van der Waals surface area contributed by atoms with Crippen molar-refractivity contribution in [2.24, 2.45) is 0 Å². The number of rotatable bonds is 5. The molecule has 0 saturated heterocycles. The van der Waals surface area contributed by atoms with Gasteiger partial charge in [0.05, 0.1) is 23.2 Å². The summed E-state index contributed by atoms with van der Waals surface area (Å²) in [5.74, 6) is -0.0707. The van der Waals surface area contributed by atoms with Crippen LogP contribution in [0.2, 0.25) is 5.02 Å². The fraction of sp³-hybridized carbons (Fsp3) is 0.190. The molecule has 0 radical (unpaired) electrons. The lowest BCUT2D eigenvalue weighted by Gasteiger charge is -2.17. The largest absolute Gasteiger partial charge is 0.394 e. The van der Waals surface area contributed by atoms with Gasteiger partial charge in [-0.1, -0.05) is 23.8 Å². The van der Waals surface area contributed by atoms with Crippen LogP contribution in [0.4, 0.5) is 0 Å². The maximum Gasteiger partial charge on any atom is 0.255 e. The van der Waals surface area contributed by atoms with Crippen molar-refractivity contribution in [1.29, 1.82) is 0 Å². The van der Waals surface area contributed by atoms with Gasteiger partial charge in [-0.05, 0) is 52.3 Å². The molecule has 2 heterocycles. The number of aromatic nitrogens is 2. The first kappa shape index (κ1) is 20.6. The lowest BCUT2D eigenvalue weighted by molar-refractivity contribution is 0.0798. The molecule has 1 aliphatic heterocycles. The second kappa shape index (κ2) is 8.59. The molecule has 30 heavy (non-hydrogen) atoms. The third-order valence-corrected chi connectivity index (χ3v) is 5.74. The molecular formula is C21H18BrClN4O3. The summed E-state index contributed by atoms with van der Waals surface area (Å²) < 4.78 is 0.533. The molecule has 9 heteroatoms. The predicted molar refractivity (Wildman–Crippen MR) is 118 cm³/mol. The first-order valence-electron chi connectivity index (χ1n) is 9.27. The van der Waals surface area contributed by atoms with Gasteiger partial charge in [0, 0.05) is 28.1 Å². The molecule has 7 nitrogen and oxygen atoms in total. The number of carbonyl (C=O) groups is 2. The van der Waals surface area contributed by atoms with Gasteiger partial charge in [0.25, 0.3) is 11.8 Å². The molecule has 1 atom stereocenters. The average molecular weight is 490 g/mol. The summed E-state index contributed by atoms with van der Waals surface area (Å²) >= 11 is 9.39. The molecule has 0 spiro atoms. The monoisotopic (exact) mass is 488 g/mol. The number of hydrogen-bond acceptors (Lipinski definition) is 4. The molecule has 0 aliphatic carbocycles. The number of benzene rings is 2. The summed E-state index contributed by atoms with van der Waals surface area (Å²) in [5.41, 5.74) is 2.25. The number of aliphatic hydroxyl groups excluding tert-OH is 1. The Kier molecular flexibility index (Phi) is 5.90. The van der Waals surface area contributed by atoms with Crippen molar-refractivity contribution in [2.75, 3.05) is 19.7 Å². The van der Waals surface area contributed by atoms with Gasteiger partial charge in [0.2, 0.25) is 0 Å². The fourth-order valence-corrected chi connectivity index (χ4v) is 3.97. The minimum absolute atomic E-state index is 0.104. The standard InChI is InChI=1S/C21H18BrClN4O3/c22-15-9-12(3-5-14(15)21(30)27-7-1-2-8-27)20(29)26-18(11-28)19-24-16-6-4-13(23)10-17(16)25-19/h1-6,9-10,18,28H,7-8,11H2,(H,24,25)(H,26,29). The normalized spacial score (nSPS) is 14.3. The highest BCUT2D eigenvalue weighted by Gasteiger charge is 2.22. The highest BCUT2D eigenvalue weighted by atomic mass is 79.9. The summed E-state index contributed by atoms with van der Waals surface area (Å²) in [6.45, 7) is 0.821. The van der Waals surface area contributed by atoms with E-state index in [-0.39, 0.29) is 12.5 Å². The highest BCUT2D eigenvalue weighted by Crippen LogP contribution is 2.23. The number of nitrogens with one attached hydrogen (secondary N) is 2. The SMILES string of the molecule is O=C(NC(CO)c1nc2ccc(Cl)cc2[nH]1)c1ccc(C(=O)N2CC=CC2)c(Br)c1. The zero-order chi connectivity index (χ0) is 21.3. The van der Waals surface area contributed by atoms with E-state index in [1.165, 1.54) is 0 Å². The lowest BCUT2D eigenvalue weighted by atomic mass is 10.1. The van der Waals surface area contributed by atoms with Crippen molar-refractivity contribution in [3.05, 3.63) is 75.0 Å². The Morgan fingerprint density at radius 1 is 1.23 bits per heavy atom. The van der Waals surface area contributed by atoms with Crippen molar-refractivity contribution in [3.8, 4) is 0 Å². The van der Waals surface area contributed by atoms with Gasteiger partial charge in [-0.3, -0.25) is 9.59 Å². The Labute approximate surface area is 185 Å². The molecule has 0 bridgehead atoms. The van der Waals surface area contributed by atoms with E-state index in [1.807, 2.05) is 12.2 Å². The van der Waals surface area contributed by atoms with Gasteiger partial charge in [-0.25, -0.2) is 4.98 Å². The summed E-state index contributed by atoms with van der Waals surface area (Å²) in [5, 5.41) is 13.1. The summed E-state index contributed by atoms with van der Waals surface area (Å²) in [6, 6.07) is 9.29. The van der Waals surface area contributed by atoms with Crippen LogP contribution in [0.15, 0.2) is 53.0 Å². The van der Waals surface area contributed by atoms with E-state index in [9.17, 15) is 14.7 Å². The number of aromatic amines is 1. The van der Waals surface area contributed by atoms with E-state index in [0.29, 0.717) is 50.6 Å². The van der Waals surface area contributed by atoms with E-state index >= 15 is 0 Å². The first-order valence-corrected chi connectivity index (χ1v) is 10.4. The minimum Gasteiger partial charge on any atom is -0.394 e. The number of fused-ring (bicyclic) bond motifs is 1. The van der Waals surface area contributed by atoms with Crippen LogP contribution in [0.1, 0.15) is 32.6 Å². The van der Waals surface area contributed by atoms with Crippen LogP contribution in [0.3, 0.4) is 0 Å². The van der Waals surface area contributed by atoms with Gasteiger partial charge in [0.1, 0.15) is 11.9 Å². The number of halogens is 2. The van der Waals surface area contributed by atoms with Crippen LogP contribution in [0.25, 0.3) is 11.0 Å². The zero-order valence-corrected chi connectivity index (χ0v) is 18.1. The number of hydrogen-bond donors (Lipinski definition) is 3. The van der Waals surface area contributed by atoms with Crippen LogP contribution in [0, 0.1) is 0 Å². The van der Waals surface area contributed by atoms with E-state index < -0.39 is 11.9 Å². The Balaban J connectivity index is 1.51. The third-order valence-electron chi connectivity index (χ3n) is 4.85. The van der Waals surface area contributed by atoms with Crippen LogP contribution in [0.5, 0.6) is 0 Å². The number of nitrogens with zero attached hydrogens (tertiary/aromatic N) is 2. The quantitative estimate of drug-likeness (QED) is 0.478. The molecule has 154 valence electrons. The molecule has 0 saturated carbocycles. The molecule has 4 rings (SSSR count). The first-order chi connectivity index (χ1) is 14.5. The second-order valence-corrected chi connectivity index (χ2v) is 8.16. The van der Waals surface area contributed by atoms with Crippen molar-refractivity contribution in [3.63, 3.8) is 0 Å². The summed E-state index contributed by atoms with van der Waals surface area (Å²) in [7, 11) is 0. The van der Waals surface area contributed by atoms with E-state index in [1.54, 1.807) is 41.3 Å². The molecule has 2 amide bonds. The lowest BCUT2D eigenvalue weighted by Crippen LogP contribution is -2.32. The maximum absolute atomic E-state index is 12.7. The Morgan fingerprint density at radius 2 is 2.00 bits per heavy atom. The van der Waals surface area contributed by atoms with Crippen molar-refractivity contribution < 1.29 is 14.7 Å². The molecule has 2 aromatic carbocycles. The number of imidazole rings is 1. The Hall–Kier alpha value is -2.68. The average Bonchev–Trinajstić information content (AvgIpc) is 3.40. The highest BCUT2D eigenvalue weighted by molar-refractivity contribution is 9.10. The number of carbonyl (C=O) groups excluding carboxylic acids is 2. The maximum atomic E-state index is 12.7. The van der Waals surface area contributed by atoms with Crippen LogP contribution < -0.4 is 5.32 Å². The molecular weight excluding hydrogens is 472 g/mol. The van der Waals surface area contributed by atoms with Gasteiger partial charge in [-0.15, -0.1) is 0 Å². The number of aliphatic hydroxyl groups is 1. The Morgan fingerprint density at radius 3 is 2.70 bits per heavy atom. The molecule has 1 aromatic heterocycles. The van der Waals surface area contributed by atoms with Crippen LogP contribution >= 0.6 is 27.5 Å². The van der Waals surface area contributed by atoms with Gasteiger partial charge < -0.3 is 20.3 Å². The van der Waals surface area contributed by atoms with E-state index in [2.05, 4.69) is 31.2 Å². The molecule has 1 unspecified atom stereocenters. The zero-order valence-electron chi connectivity index (χ0n) is 15.7. The van der Waals surface area contributed by atoms with E-state index in [4.69, 9.17) is 11.6 Å². The van der Waals surface area contributed by atoms with Crippen molar-refractivity contribution in [1.82, 2.24) is 20.2 Å². The predicted octanol–water partition coefficient (Wildman–Crippen LogP) is 3.45. The number of amides is 2. The fourth-order valence-electron chi connectivity index (χ4n) is 3.25. The Bertz CT molecular complexity index is 1150. The van der Waals surface area contributed by atoms with Gasteiger partial charge in [0.15, 0.2) is 0 Å². The smallest absolute Gasteiger partial charge is 0.255 e. The molecule has 1 aliphatic rings. The third kappa shape index (κ3) is 4.12. The molecule has 0 fully saturated rings. The molecule has 3 aromatic rings. The van der Waals surface area contributed by atoms with Crippen molar-refractivity contribution in [2.45, 2.75) is 6.04 Å². The van der Waals surface area contributed by atoms with Gasteiger partial charge in [-0.2, -0.15) is 0 Å². The topological polar surface area (TPSA) is 98.3 Å².